The first-order valence-electron chi connectivity index (χ1n) is 15.8. The molecule has 0 spiro atoms. The predicted octanol–water partition coefficient (Wildman–Crippen LogP) is 6.71. The van der Waals surface area contributed by atoms with Crippen LogP contribution in [0.1, 0.15) is 22.3 Å². The van der Waals surface area contributed by atoms with E-state index in [0.29, 0.717) is 33.0 Å². The zero-order chi connectivity index (χ0) is 31.2. The summed E-state index contributed by atoms with van der Waals surface area (Å²) in [6.45, 7) is 2.16. The molecule has 1 aliphatic rings. The minimum absolute atomic E-state index is 0.0565. The van der Waals surface area contributed by atoms with Crippen molar-refractivity contribution < 1.29 is 23.7 Å². The molecule has 0 bridgehead atoms. The van der Waals surface area contributed by atoms with Crippen LogP contribution in [-0.2, 0) is 50.1 Å². The molecular formula is C40H40O5Se. The molecular weight excluding hydrogens is 639 g/mol. The molecule has 5 aromatic carbocycles. The molecule has 0 amide bonds. The Balaban J connectivity index is 1.31. The number of ether oxygens (including phenoxy) is 5. The summed E-state index contributed by atoms with van der Waals surface area (Å²) < 4.78 is 35.0. The van der Waals surface area contributed by atoms with Crippen LogP contribution in [0.3, 0.4) is 0 Å². The van der Waals surface area contributed by atoms with E-state index in [1.54, 1.807) is 0 Å². The Hall–Kier alpha value is -3.58. The van der Waals surface area contributed by atoms with Crippen LogP contribution in [0.2, 0.25) is 0 Å². The molecule has 5 atom stereocenters. The maximum atomic E-state index is 6.99. The molecule has 1 saturated heterocycles. The van der Waals surface area contributed by atoms with Crippen LogP contribution in [0.25, 0.3) is 0 Å². The van der Waals surface area contributed by atoms with Crippen LogP contribution in [0, 0.1) is 0 Å². The van der Waals surface area contributed by atoms with Gasteiger partial charge in [0.15, 0.2) is 0 Å². The van der Waals surface area contributed by atoms with Gasteiger partial charge in [-0.1, -0.05) is 0 Å². The van der Waals surface area contributed by atoms with Crippen molar-refractivity contribution >= 4 is 19.4 Å². The van der Waals surface area contributed by atoms with Crippen molar-refractivity contribution in [3.8, 4) is 0 Å². The molecule has 0 radical (unpaired) electrons. The Morgan fingerprint density at radius 2 is 0.826 bits per heavy atom. The second-order valence-corrected chi connectivity index (χ2v) is 13.7. The number of benzene rings is 5. The van der Waals surface area contributed by atoms with Crippen molar-refractivity contribution in [1.29, 1.82) is 0 Å². The molecule has 0 aliphatic carbocycles. The first kappa shape index (κ1) is 32.4. The van der Waals surface area contributed by atoms with Crippen molar-refractivity contribution in [2.45, 2.75) is 55.8 Å². The van der Waals surface area contributed by atoms with Gasteiger partial charge in [0, 0.05) is 0 Å². The summed E-state index contributed by atoms with van der Waals surface area (Å²) >= 11 is -0.0565. The van der Waals surface area contributed by atoms with E-state index in [4.69, 9.17) is 23.7 Å². The van der Waals surface area contributed by atoms with Gasteiger partial charge < -0.3 is 0 Å². The van der Waals surface area contributed by atoms with Gasteiger partial charge in [-0.3, -0.25) is 0 Å². The Bertz CT molecular complexity index is 1540. The van der Waals surface area contributed by atoms with Gasteiger partial charge in [0.1, 0.15) is 0 Å². The summed E-state index contributed by atoms with van der Waals surface area (Å²) in [5.41, 5.74) is 4.40. The summed E-state index contributed by atoms with van der Waals surface area (Å²) in [5.74, 6) is 0. The number of rotatable bonds is 15. The zero-order valence-electron chi connectivity index (χ0n) is 25.8. The topological polar surface area (TPSA) is 46.2 Å². The third-order valence-corrected chi connectivity index (χ3v) is 10.3. The fourth-order valence-corrected chi connectivity index (χ4v) is 7.88. The standard InChI is InChI=1S/C40H40O5Se/c1-6-16-31(17-7-1)26-41-30-36-37(42-27-32-18-8-2-9-19-32)38(43-28-33-20-10-3-11-21-33)39(44-29-34-22-12-4-13-23-34)40(45-36)46-35-24-14-5-15-25-35/h1-25,36-40H,26-30H2/t36-,37-,38+,39-,40+/m1/s1. The molecule has 236 valence electrons. The van der Waals surface area contributed by atoms with Gasteiger partial charge in [-0.2, -0.15) is 0 Å². The Morgan fingerprint density at radius 3 is 1.30 bits per heavy atom. The summed E-state index contributed by atoms with van der Waals surface area (Å²) in [6, 6.07) is 51.5. The Labute approximate surface area is 278 Å². The Kier molecular flexibility index (Phi) is 12.2. The average molecular weight is 680 g/mol. The molecule has 1 heterocycles. The predicted molar refractivity (Wildman–Crippen MR) is 182 cm³/mol. The molecule has 1 fully saturated rings. The molecule has 46 heavy (non-hydrogen) atoms. The molecule has 0 saturated carbocycles. The maximum absolute atomic E-state index is 6.99. The fourth-order valence-electron chi connectivity index (χ4n) is 5.48. The molecule has 0 unspecified atom stereocenters. The van der Waals surface area contributed by atoms with Gasteiger partial charge in [-0.05, 0) is 0 Å². The summed E-state index contributed by atoms with van der Waals surface area (Å²) in [5, 5.41) is -0.221. The van der Waals surface area contributed by atoms with Crippen LogP contribution in [0.5, 0.6) is 0 Å². The van der Waals surface area contributed by atoms with E-state index < -0.39 is 12.2 Å². The molecule has 5 nitrogen and oxygen atoms in total. The third kappa shape index (κ3) is 9.47. The van der Waals surface area contributed by atoms with Gasteiger partial charge in [-0.25, -0.2) is 0 Å². The first-order chi connectivity index (χ1) is 22.8. The van der Waals surface area contributed by atoms with Crippen molar-refractivity contribution in [3.05, 3.63) is 174 Å². The average Bonchev–Trinajstić information content (AvgIpc) is 3.12. The van der Waals surface area contributed by atoms with Crippen molar-refractivity contribution in [1.82, 2.24) is 0 Å². The quantitative estimate of drug-likeness (QED) is 0.115. The fraction of sp³-hybridized carbons (Fsp3) is 0.250. The second kappa shape index (κ2) is 17.4. The van der Waals surface area contributed by atoms with E-state index in [-0.39, 0.29) is 32.2 Å². The van der Waals surface area contributed by atoms with E-state index in [0.717, 1.165) is 22.3 Å². The normalized spacial score (nSPS) is 21.2. The van der Waals surface area contributed by atoms with Crippen LogP contribution in [0.4, 0.5) is 0 Å². The van der Waals surface area contributed by atoms with E-state index in [1.807, 2.05) is 78.9 Å². The molecule has 0 aromatic heterocycles. The molecule has 0 N–H and O–H groups in total. The van der Waals surface area contributed by atoms with E-state index in [9.17, 15) is 0 Å². The summed E-state index contributed by atoms with van der Waals surface area (Å²) in [7, 11) is 0. The molecule has 6 heteroatoms. The third-order valence-electron chi connectivity index (χ3n) is 7.84. The van der Waals surface area contributed by atoms with Crippen molar-refractivity contribution in [2.75, 3.05) is 6.61 Å². The van der Waals surface area contributed by atoms with Crippen LogP contribution >= 0.6 is 0 Å². The zero-order valence-corrected chi connectivity index (χ0v) is 27.5. The summed E-state index contributed by atoms with van der Waals surface area (Å²) in [4.78, 5) is 0. The van der Waals surface area contributed by atoms with E-state index in [1.165, 1.54) is 4.46 Å². The van der Waals surface area contributed by atoms with E-state index in [2.05, 4.69) is 72.8 Å². The monoisotopic (exact) mass is 680 g/mol. The van der Waals surface area contributed by atoms with Crippen molar-refractivity contribution in [2.24, 2.45) is 0 Å². The van der Waals surface area contributed by atoms with E-state index >= 15 is 0 Å². The summed E-state index contributed by atoms with van der Waals surface area (Å²) in [6.07, 6.45) is -1.55. The van der Waals surface area contributed by atoms with Gasteiger partial charge in [0.05, 0.1) is 0 Å². The van der Waals surface area contributed by atoms with Gasteiger partial charge in [-0.15, -0.1) is 0 Å². The van der Waals surface area contributed by atoms with Gasteiger partial charge in [0.25, 0.3) is 0 Å². The Morgan fingerprint density at radius 1 is 0.435 bits per heavy atom. The second-order valence-electron chi connectivity index (χ2n) is 11.3. The molecule has 1 aliphatic heterocycles. The van der Waals surface area contributed by atoms with Gasteiger partial charge in [0.2, 0.25) is 0 Å². The molecule has 5 aromatic rings. The van der Waals surface area contributed by atoms with Crippen molar-refractivity contribution in [3.63, 3.8) is 0 Å². The molecule has 6 rings (SSSR count). The number of hydrogen-bond donors (Lipinski definition) is 0. The van der Waals surface area contributed by atoms with Crippen LogP contribution in [0.15, 0.2) is 152 Å². The number of hydrogen-bond acceptors (Lipinski definition) is 5. The van der Waals surface area contributed by atoms with Crippen LogP contribution in [-0.4, -0.2) is 51.0 Å². The SMILES string of the molecule is c1ccc(COC[C@H]2O[C@@H]([Se]c3ccccc3)[C@H](OCc3ccccc3)[C@@H](OCc3ccccc3)[C@@H]2OCc2ccccc2)cc1. The first-order valence-corrected chi connectivity index (χ1v) is 17.6. The minimum atomic E-state index is -0.428. The van der Waals surface area contributed by atoms with Crippen LogP contribution < -0.4 is 4.46 Å². The van der Waals surface area contributed by atoms with Gasteiger partial charge >= 0.3 is 279 Å².